The van der Waals surface area contributed by atoms with E-state index in [0.29, 0.717) is 5.95 Å². The molecule has 1 atom stereocenters. The maximum absolute atomic E-state index is 5.83. The quantitative estimate of drug-likeness (QED) is 0.833. The summed E-state index contributed by atoms with van der Waals surface area (Å²) in [6.07, 6.45) is 3.12. The molecule has 1 heterocycles. The summed E-state index contributed by atoms with van der Waals surface area (Å²) in [6.45, 7) is 5.90. The predicted octanol–water partition coefficient (Wildman–Crippen LogP) is 2.87. The zero-order valence-electron chi connectivity index (χ0n) is 11.1. The third-order valence-electron chi connectivity index (χ3n) is 2.06. The van der Waals surface area contributed by atoms with Crippen LogP contribution in [0.5, 0.6) is 6.01 Å². The number of ether oxygens (including phenoxy) is 1. The number of halogens is 1. The average molecular weight is 291 g/mol. The summed E-state index contributed by atoms with van der Waals surface area (Å²) < 4.78 is 5.41. The van der Waals surface area contributed by atoms with Gasteiger partial charge in [0.1, 0.15) is 0 Å². The molecule has 0 aliphatic carbocycles. The maximum Gasteiger partial charge on any atom is 0.322 e. The third kappa shape index (κ3) is 5.73. The molecular formula is C11H19ClN4OS. The van der Waals surface area contributed by atoms with E-state index >= 15 is 0 Å². The fourth-order valence-electron chi connectivity index (χ4n) is 1.25. The van der Waals surface area contributed by atoms with Crippen molar-refractivity contribution in [3.8, 4) is 6.01 Å². The van der Waals surface area contributed by atoms with E-state index < -0.39 is 0 Å². The first-order valence-electron chi connectivity index (χ1n) is 5.85. The van der Waals surface area contributed by atoms with Crippen LogP contribution in [0.4, 0.5) is 5.95 Å². The molecule has 1 N–H and O–H groups in total. The van der Waals surface area contributed by atoms with Crippen LogP contribution < -0.4 is 10.1 Å². The molecule has 1 unspecified atom stereocenters. The fourth-order valence-corrected chi connectivity index (χ4v) is 1.99. The van der Waals surface area contributed by atoms with E-state index in [1.807, 2.05) is 25.6 Å². The number of nitrogens with zero attached hydrogens (tertiary/aromatic N) is 3. The monoisotopic (exact) mass is 290 g/mol. The van der Waals surface area contributed by atoms with E-state index in [4.69, 9.17) is 16.3 Å². The molecule has 18 heavy (non-hydrogen) atoms. The standard InChI is InChI=1S/C11H19ClN4OS/c1-7(2)17-11-15-9(12)14-10(16-11)13-8(3)5-6-18-4/h7-8H,5-6H2,1-4H3,(H,13,14,15,16). The van der Waals surface area contributed by atoms with Crippen molar-refractivity contribution in [3.05, 3.63) is 5.28 Å². The molecule has 1 aromatic heterocycles. The van der Waals surface area contributed by atoms with E-state index in [-0.39, 0.29) is 23.4 Å². The van der Waals surface area contributed by atoms with Crippen LogP contribution in [-0.2, 0) is 0 Å². The molecule has 0 bridgehead atoms. The Morgan fingerprint density at radius 1 is 1.28 bits per heavy atom. The summed E-state index contributed by atoms with van der Waals surface area (Å²) in [4.78, 5) is 12.1. The number of hydrogen-bond donors (Lipinski definition) is 1. The summed E-state index contributed by atoms with van der Waals surface area (Å²) >= 11 is 7.65. The van der Waals surface area contributed by atoms with Crippen molar-refractivity contribution in [2.45, 2.75) is 39.3 Å². The molecule has 0 amide bonds. The van der Waals surface area contributed by atoms with Gasteiger partial charge in [-0.25, -0.2) is 0 Å². The Balaban J connectivity index is 2.67. The van der Waals surface area contributed by atoms with Crippen molar-refractivity contribution < 1.29 is 4.74 Å². The van der Waals surface area contributed by atoms with Gasteiger partial charge in [-0.3, -0.25) is 0 Å². The average Bonchev–Trinajstić information content (AvgIpc) is 2.24. The van der Waals surface area contributed by atoms with Gasteiger partial charge in [0.05, 0.1) is 6.10 Å². The van der Waals surface area contributed by atoms with Crippen molar-refractivity contribution in [1.82, 2.24) is 15.0 Å². The van der Waals surface area contributed by atoms with Gasteiger partial charge in [-0.05, 0) is 50.8 Å². The molecule has 0 aromatic carbocycles. The first-order chi connectivity index (χ1) is 8.51. The van der Waals surface area contributed by atoms with Crippen LogP contribution >= 0.6 is 23.4 Å². The molecular weight excluding hydrogens is 272 g/mol. The van der Waals surface area contributed by atoms with Crippen molar-refractivity contribution in [2.24, 2.45) is 0 Å². The molecule has 0 saturated carbocycles. The second-order valence-electron chi connectivity index (χ2n) is 4.20. The van der Waals surface area contributed by atoms with Gasteiger partial charge in [-0.2, -0.15) is 26.7 Å². The van der Waals surface area contributed by atoms with Gasteiger partial charge in [0.25, 0.3) is 0 Å². The summed E-state index contributed by atoms with van der Waals surface area (Å²) in [5.74, 6) is 1.54. The number of rotatable bonds is 7. The molecule has 0 aliphatic heterocycles. The molecule has 0 radical (unpaired) electrons. The lowest BCUT2D eigenvalue weighted by Crippen LogP contribution is -2.19. The Hall–Kier alpha value is -0.750. The lowest BCUT2D eigenvalue weighted by atomic mass is 10.3. The van der Waals surface area contributed by atoms with E-state index in [1.165, 1.54) is 0 Å². The number of hydrogen-bond acceptors (Lipinski definition) is 6. The van der Waals surface area contributed by atoms with Crippen LogP contribution in [0.2, 0.25) is 5.28 Å². The summed E-state index contributed by atoms with van der Waals surface area (Å²) in [5.41, 5.74) is 0. The van der Waals surface area contributed by atoms with Crippen molar-refractivity contribution in [2.75, 3.05) is 17.3 Å². The Kier molecular flexibility index (Phi) is 6.49. The Labute approximate surface area is 117 Å². The highest BCUT2D eigenvalue weighted by molar-refractivity contribution is 7.98. The predicted molar refractivity (Wildman–Crippen MR) is 76.7 cm³/mol. The van der Waals surface area contributed by atoms with E-state index in [0.717, 1.165) is 12.2 Å². The molecule has 7 heteroatoms. The molecule has 102 valence electrons. The van der Waals surface area contributed by atoms with Gasteiger partial charge < -0.3 is 10.1 Å². The van der Waals surface area contributed by atoms with Gasteiger partial charge in [0.15, 0.2) is 0 Å². The number of aromatic nitrogens is 3. The van der Waals surface area contributed by atoms with Crippen LogP contribution in [0.15, 0.2) is 0 Å². The molecule has 1 rings (SSSR count). The molecule has 0 aliphatic rings. The van der Waals surface area contributed by atoms with Crippen LogP contribution in [0.1, 0.15) is 27.2 Å². The second kappa shape index (κ2) is 7.63. The van der Waals surface area contributed by atoms with E-state index in [1.54, 1.807) is 0 Å². The van der Waals surface area contributed by atoms with Crippen LogP contribution in [-0.4, -0.2) is 39.1 Å². The maximum atomic E-state index is 5.83. The first kappa shape index (κ1) is 15.3. The zero-order valence-corrected chi connectivity index (χ0v) is 12.7. The minimum Gasteiger partial charge on any atom is -0.461 e. The molecule has 0 saturated heterocycles. The summed E-state index contributed by atoms with van der Waals surface area (Å²) in [5, 5.41) is 3.33. The third-order valence-corrected chi connectivity index (χ3v) is 2.87. The van der Waals surface area contributed by atoms with E-state index in [9.17, 15) is 0 Å². The smallest absolute Gasteiger partial charge is 0.322 e. The minimum absolute atomic E-state index is 0.00484. The highest BCUT2D eigenvalue weighted by Crippen LogP contribution is 2.14. The van der Waals surface area contributed by atoms with Crippen LogP contribution in [0, 0.1) is 0 Å². The highest BCUT2D eigenvalue weighted by Gasteiger charge is 2.09. The van der Waals surface area contributed by atoms with Crippen LogP contribution in [0.3, 0.4) is 0 Å². The number of nitrogens with one attached hydrogen (secondary N) is 1. The molecule has 1 aromatic rings. The van der Waals surface area contributed by atoms with E-state index in [2.05, 4.69) is 33.4 Å². The zero-order chi connectivity index (χ0) is 13.5. The Bertz CT molecular complexity index is 378. The lowest BCUT2D eigenvalue weighted by molar-refractivity contribution is 0.222. The summed E-state index contributed by atoms with van der Waals surface area (Å²) in [7, 11) is 0. The van der Waals surface area contributed by atoms with Gasteiger partial charge in [0, 0.05) is 6.04 Å². The van der Waals surface area contributed by atoms with Gasteiger partial charge in [0.2, 0.25) is 11.2 Å². The first-order valence-corrected chi connectivity index (χ1v) is 7.62. The SMILES string of the molecule is CSCCC(C)Nc1nc(Cl)nc(OC(C)C)n1. The van der Waals surface area contributed by atoms with Crippen LogP contribution in [0.25, 0.3) is 0 Å². The van der Waals surface area contributed by atoms with Gasteiger partial charge in [-0.1, -0.05) is 0 Å². The minimum atomic E-state index is 0.00484. The number of anilines is 1. The molecule has 5 nitrogen and oxygen atoms in total. The normalized spacial score (nSPS) is 12.6. The number of thioether (sulfide) groups is 1. The van der Waals surface area contributed by atoms with Gasteiger partial charge >= 0.3 is 6.01 Å². The summed E-state index contributed by atoms with van der Waals surface area (Å²) in [6, 6.07) is 0.535. The largest absolute Gasteiger partial charge is 0.461 e. The highest BCUT2D eigenvalue weighted by atomic mass is 35.5. The Morgan fingerprint density at radius 3 is 2.61 bits per heavy atom. The molecule has 0 spiro atoms. The van der Waals surface area contributed by atoms with Crippen molar-refractivity contribution >= 4 is 29.3 Å². The van der Waals surface area contributed by atoms with Crippen molar-refractivity contribution in [1.29, 1.82) is 0 Å². The topological polar surface area (TPSA) is 59.9 Å². The van der Waals surface area contributed by atoms with Crippen molar-refractivity contribution in [3.63, 3.8) is 0 Å². The fraction of sp³-hybridized carbons (Fsp3) is 0.727. The Morgan fingerprint density at radius 2 is 2.00 bits per heavy atom. The second-order valence-corrected chi connectivity index (χ2v) is 5.53. The molecule has 0 fully saturated rings. The lowest BCUT2D eigenvalue weighted by Gasteiger charge is -2.14. The van der Waals surface area contributed by atoms with Gasteiger partial charge in [-0.15, -0.1) is 0 Å².